The van der Waals surface area contributed by atoms with E-state index in [4.69, 9.17) is 0 Å². The Kier molecular flexibility index (Phi) is 4.12. The third-order valence-electron chi connectivity index (χ3n) is 5.06. The van der Waals surface area contributed by atoms with Crippen molar-refractivity contribution >= 4 is 23.4 Å². The molecule has 4 nitrogen and oxygen atoms in total. The standard InChI is InChI=1S/C20H17F3N4S/c21-20(22,23)18-12-17(14-3-4-14)27(24-18)15-7-5-13(6-8-15)16-2-1-9-26-10-11-28-25-19(16)26/h1-2,5-9,12,14H,3-4,10-11H2. The first-order valence-electron chi connectivity index (χ1n) is 9.14. The van der Waals surface area contributed by atoms with Gasteiger partial charge < -0.3 is 4.90 Å². The highest BCUT2D eigenvalue weighted by Gasteiger charge is 2.38. The molecule has 28 heavy (non-hydrogen) atoms. The molecule has 3 heterocycles. The summed E-state index contributed by atoms with van der Waals surface area (Å²) in [4.78, 5) is 2.12. The first kappa shape index (κ1) is 17.6. The van der Waals surface area contributed by atoms with Crippen LogP contribution in [0.4, 0.5) is 13.2 Å². The molecular formula is C20H17F3N4S. The number of halogens is 3. The van der Waals surface area contributed by atoms with Gasteiger partial charge in [0.25, 0.3) is 0 Å². The number of hydrogen-bond acceptors (Lipinski definition) is 4. The lowest BCUT2D eigenvalue weighted by molar-refractivity contribution is -0.141. The summed E-state index contributed by atoms with van der Waals surface area (Å²) in [6.07, 6.45) is 3.41. The van der Waals surface area contributed by atoms with Crippen LogP contribution in [0.3, 0.4) is 0 Å². The van der Waals surface area contributed by atoms with E-state index in [0.717, 1.165) is 42.1 Å². The second-order valence-electron chi connectivity index (χ2n) is 7.05. The van der Waals surface area contributed by atoms with E-state index in [9.17, 15) is 13.2 Å². The second kappa shape index (κ2) is 6.55. The van der Waals surface area contributed by atoms with Crippen molar-refractivity contribution in [1.82, 2.24) is 14.7 Å². The van der Waals surface area contributed by atoms with Gasteiger partial charge >= 0.3 is 6.18 Å². The lowest BCUT2D eigenvalue weighted by Crippen LogP contribution is -2.32. The third-order valence-corrected chi connectivity index (χ3v) is 5.73. The van der Waals surface area contributed by atoms with Gasteiger partial charge in [0.2, 0.25) is 0 Å². The van der Waals surface area contributed by atoms with E-state index < -0.39 is 11.9 Å². The molecule has 0 radical (unpaired) electrons. The molecule has 0 unspecified atom stereocenters. The average Bonchev–Trinajstić information content (AvgIpc) is 3.44. The van der Waals surface area contributed by atoms with Gasteiger partial charge in [-0.1, -0.05) is 12.1 Å². The Morgan fingerprint density at radius 2 is 1.89 bits per heavy atom. The Bertz CT molecular complexity index is 997. The predicted octanol–water partition coefficient (Wildman–Crippen LogP) is 5.04. The molecule has 2 aliphatic heterocycles. The topological polar surface area (TPSA) is 33.4 Å². The molecule has 0 amide bonds. The normalized spacial score (nSPS) is 19.3. The maximum absolute atomic E-state index is 13.1. The van der Waals surface area contributed by atoms with Gasteiger partial charge in [-0.25, -0.2) is 4.68 Å². The van der Waals surface area contributed by atoms with Gasteiger partial charge in [-0.15, -0.1) is 0 Å². The van der Waals surface area contributed by atoms with Crippen molar-refractivity contribution < 1.29 is 13.2 Å². The molecule has 3 aliphatic rings. The maximum Gasteiger partial charge on any atom is 0.435 e. The SMILES string of the molecule is FC(F)(F)c1cc(C2CC2)n(-c2ccc(C3=CC=CN4CCSN=C34)cc2)n1. The molecule has 1 aromatic heterocycles. The average molecular weight is 402 g/mol. The number of fused-ring (bicyclic) bond motifs is 1. The molecular weight excluding hydrogens is 385 g/mol. The molecule has 144 valence electrons. The van der Waals surface area contributed by atoms with Crippen LogP contribution in [0.1, 0.15) is 35.7 Å². The number of amidine groups is 1. The molecule has 1 fully saturated rings. The van der Waals surface area contributed by atoms with Gasteiger partial charge in [0, 0.05) is 35.7 Å². The van der Waals surface area contributed by atoms with Gasteiger partial charge in [0.15, 0.2) is 5.69 Å². The van der Waals surface area contributed by atoms with Crippen molar-refractivity contribution in [2.24, 2.45) is 4.40 Å². The van der Waals surface area contributed by atoms with Crippen molar-refractivity contribution in [2.45, 2.75) is 24.9 Å². The summed E-state index contributed by atoms with van der Waals surface area (Å²) in [6, 6.07) is 8.69. The van der Waals surface area contributed by atoms with Crippen LogP contribution < -0.4 is 0 Å². The fourth-order valence-corrected chi connectivity index (χ4v) is 4.18. The maximum atomic E-state index is 13.1. The Morgan fingerprint density at radius 1 is 1.11 bits per heavy atom. The quantitative estimate of drug-likeness (QED) is 0.675. The molecule has 1 aliphatic carbocycles. The molecule has 1 aromatic carbocycles. The minimum absolute atomic E-state index is 0.164. The molecule has 0 spiro atoms. The Hall–Kier alpha value is -2.48. The molecule has 0 saturated heterocycles. The number of nitrogens with zero attached hydrogens (tertiary/aromatic N) is 4. The van der Waals surface area contributed by atoms with Crippen LogP contribution in [0.15, 0.2) is 53.1 Å². The lowest BCUT2D eigenvalue weighted by atomic mass is 10.0. The fourth-order valence-electron chi connectivity index (χ4n) is 3.49. The summed E-state index contributed by atoms with van der Waals surface area (Å²) in [6.45, 7) is 0.910. The van der Waals surface area contributed by atoms with Crippen LogP contribution in [-0.2, 0) is 6.18 Å². The van der Waals surface area contributed by atoms with Gasteiger partial charge in [0.1, 0.15) is 5.84 Å². The number of allylic oxidation sites excluding steroid dienone is 2. The highest BCUT2D eigenvalue weighted by Crippen LogP contribution is 2.43. The summed E-state index contributed by atoms with van der Waals surface area (Å²) in [5, 5.41) is 3.85. The molecule has 0 atom stereocenters. The van der Waals surface area contributed by atoms with Gasteiger partial charge in [-0.2, -0.15) is 22.7 Å². The van der Waals surface area contributed by atoms with Crippen LogP contribution >= 0.6 is 11.9 Å². The van der Waals surface area contributed by atoms with E-state index >= 15 is 0 Å². The van der Waals surface area contributed by atoms with Gasteiger partial charge in [-0.05, 0) is 60.7 Å². The van der Waals surface area contributed by atoms with Crippen LogP contribution in [-0.4, -0.2) is 32.8 Å². The van der Waals surface area contributed by atoms with Crippen molar-refractivity contribution in [1.29, 1.82) is 0 Å². The van der Waals surface area contributed by atoms with E-state index in [-0.39, 0.29) is 5.92 Å². The Labute approximate surface area is 164 Å². The molecule has 0 bridgehead atoms. The summed E-state index contributed by atoms with van der Waals surface area (Å²) < 4.78 is 45.4. The van der Waals surface area contributed by atoms with E-state index in [1.807, 2.05) is 42.6 Å². The highest BCUT2D eigenvalue weighted by molar-refractivity contribution is 7.98. The van der Waals surface area contributed by atoms with E-state index in [2.05, 4.69) is 14.4 Å². The molecule has 5 rings (SSSR count). The number of hydrogen-bond donors (Lipinski definition) is 0. The number of rotatable bonds is 3. The minimum atomic E-state index is -4.44. The van der Waals surface area contributed by atoms with Crippen LogP contribution in [0, 0.1) is 0 Å². The van der Waals surface area contributed by atoms with Gasteiger partial charge in [0.05, 0.1) is 5.69 Å². The first-order valence-corrected chi connectivity index (χ1v) is 10.1. The summed E-state index contributed by atoms with van der Waals surface area (Å²) in [5.74, 6) is 2.03. The Morgan fingerprint density at radius 3 is 2.61 bits per heavy atom. The molecule has 2 aromatic rings. The largest absolute Gasteiger partial charge is 0.435 e. The molecule has 0 N–H and O–H groups in total. The lowest BCUT2D eigenvalue weighted by Gasteiger charge is -2.29. The smallest absolute Gasteiger partial charge is 0.331 e. The fraction of sp³-hybridized carbons (Fsp3) is 0.300. The van der Waals surface area contributed by atoms with E-state index in [0.29, 0.717) is 11.4 Å². The van der Waals surface area contributed by atoms with Crippen LogP contribution in [0.2, 0.25) is 0 Å². The monoisotopic (exact) mass is 402 g/mol. The number of benzene rings is 1. The summed E-state index contributed by atoms with van der Waals surface area (Å²) in [5.41, 5.74) is 2.45. The van der Waals surface area contributed by atoms with Crippen molar-refractivity contribution in [3.63, 3.8) is 0 Å². The zero-order chi connectivity index (χ0) is 19.3. The Balaban J connectivity index is 1.49. The second-order valence-corrected chi connectivity index (χ2v) is 7.90. The van der Waals surface area contributed by atoms with Crippen LogP contribution in [0.5, 0.6) is 0 Å². The molecule has 1 saturated carbocycles. The van der Waals surface area contributed by atoms with Crippen LogP contribution in [0.25, 0.3) is 11.3 Å². The van der Waals surface area contributed by atoms with Crippen molar-refractivity contribution in [3.8, 4) is 5.69 Å². The van der Waals surface area contributed by atoms with E-state index in [1.165, 1.54) is 10.7 Å². The highest BCUT2D eigenvalue weighted by atomic mass is 32.2. The zero-order valence-electron chi connectivity index (χ0n) is 14.9. The van der Waals surface area contributed by atoms with Gasteiger partial charge in [-0.3, -0.25) is 0 Å². The first-order chi connectivity index (χ1) is 13.5. The number of alkyl halides is 3. The minimum Gasteiger partial charge on any atom is -0.331 e. The van der Waals surface area contributed by atoms with Crippen molar-refractivity contribution in [3.05, 3.63) is 65.6 Å². The van der Waals surface area contributed by atoms with E-state index in [1.54, 1.807) is 11.9 Å². The summed E-state index contributed by atoms with van der Waals surface area (Å²) >= 11 is 1.55. The van der Waals surface area contributed by atoms with Crippen molar-refractivity contribution in [2.75, 3.05) is 12.3 Å². The third kappa shape index (κ3) is 3.15. The number of aromatic nitrogens is 2. The summed E-state index contributed by atoms with van der Waals surface area (Å²) in [7, 11) is 0. The molecule has 8 heteroatoms. The predicted molar refractivity (Wildman–Crippen MR) is 104 cm³/mol. The zero-order valence-corrected chi connectivity index (χ0v) is 15.7.